The van der Waals surface area contributed by atoms with E-state index in [4.69, 9.17) is 17.0 Å². The molecule has 1 saturated carbocycles. The molecule has 2 rings (SSSR count). The molecular weight excluding hydrogens is 300 g/mol. The van der Waals surface area contributed by atoms with Gasteiger partial charge in [0.1, 0.15) is 5.75 Å². The van der Waals surface area contributed by atoms with Crippen LogP contribution in [0.15, 0.2) is 24.3 Å². The van der Waals surface area contributed by atoms with Crippen LogP contribution in [0.3, 0.4) is 0 Å². The fourth-order valence-electron chi connectivity index (χ4n) is 2.50. The van der Waals surface area contributed by atoms with Gasteiger partial charge in [-0.05, 0) is 37.2 Å². The number of ether oxygens (including phenoxy) is 1. The van der Waals surface area contributed by atoms with E-state index < -0.39 is 0 Å². The maximum Gasteiger partial charge on any atom is 0.170 e. The molecule has 21 heavy (non-hydrogen) atoms. The highest BCUT2D eigenvalue weighted by Crippen LogP contribution is 2.27. The monoisotopic (exact) mass is 324 g/mol. The van der Waals surface area contributed by atoms with Crippen molar-refractivity contribution in [3.8, 4) is 5.75 Å². The first-order chi connectivity index (χ1) is 10.3. The van der Waals surface area contributed by atoms with Crippen LogP contribution in [-0.2, 0) is 0 Å². The summed E-state index contributed by atoms with van der Waals surface area (Å²) in [6.45, 7) is 0.914. The zero-order chi connectivity index (χ0) is 14.9. The van der Waals surface area contributed by atoms with Gasteiger partial charge in [-0.25, -0.2) is 0 Å². The Balaban J connectivity index is 1.62. The van der Waals surface area contributed by atoms with Gasteiger partial charge in [-0.1, -0.05) is 25.3 Å². The number of nitrogens with one attached hydrogen (secondary N) is 2. The average Bonchev–Trinajstić information content (AvgIpc) is 2.53. The molecule has 1 aromatic carbocycles. The van der Waals surface area contributed by atoms with Gasteiger partial charge in [-0.2, -0.15) is 11.8 Å². The van der Waals surface area contributed by atoms with Crippen LogP contribution in [0.2, 0.25) is 0 Å². The SMILES string of the molecule is COc1cccc(NC(=S)NCCSC2CCCCC2)c1. The molecule has 0 saturated heterocycles. The number of thiocarbonyl (C=S) groups is 1. The van der Waals surface area contributed by atoms with Crippen molar-refractivity contribution in [2.75, 3.05) is 24.7 Å². The summed E-state index contributed by atoms with van der Waals surface area (Å²) in [5.41, 5.74) is 0.951. The van der Waals surface area contributed by atoms with Crippen molar-refractivity contribution in [3.05, 3.63) is 24.3 Å². The van der Waals surface area contributed by atoms with Crippen LogP contribution in [0.4, 0.5) is 5.69 Å². The third-order valence-electron chi connectivity index (χ3n) is 3.62. The van der Waals surface area contributed by atoms with E-state index >= 15 is 0 Å². The Bertz CT molecular complexity index is 448. The van der Waals surface area contributed by atoms with Gasteiger partial charge in [-0.15, -0.1) is 0 Å². The van der Waals surface area contributed by atoms with E-state index in [-0.39, 0.29) is 0 Å². The Labute approximate surface area is 137 Å². The summed E-state index contributed by atoms with van der Waals surface area (Å²) >= 11 is 7.39. The van der Waals surface area contributed by atoms with Crippen molar-refractivity contribution in [1.82, 2.24) is 5.32 Å². The number of anilines is 1. The molecule has 0 aromatic heterocycles. The van der Waals surface area contributed by atoms with E-state index in [0.717, 1.165) is 29.0 Å². The third kappa shape index (κ3) is 6.14. The topological polar surface area (TPSA) is 33.3 Å². The summed E-state index contributed by atoms with van der Waals surface area (Å²) < 4.78 is 5.20. The number of benzene rings is 1. The van der Waals surface area contributed by atoms with Crippen LogP contribution < -0.4 is 15.4 Å². The smallest absolute Gasteiger partial charge is 0.170 e. The van der Waals surface area contributed by atoms with E-state index in [9.17, 15) is 0 Å². The number of thioether (sulfide) groups is 1. The standard InChI is InChI=1S/C16H24N2OS2/c1-19-14-7-5-6-13(12-14)18-16(20)17-10-11-21-15-8-3-2-4-9-15/h5-7,12,15H,2-4,8-11H2,1H3,(H2,17,18,20). The minimum atomic E-state index is 0.674. The molecule has 1 fully saturated rings. The van der Waals surface area contributed by atoms with Crippen LogP contribution >= 0.6 is 24.0 Å². The van der Waals surface area contributed by atoms with E-state index in [1.54, 1.807) is 7.11 Å². The fourth-order valence-corrected chi connectivity index (χ4v) is 3.94. The number of hydrogen-bond acceptors (Lipinski definition) is 3. The summed E-state index contributed by atoms with van der Waals surface area (Å²) in [4.78, 5) is 0. The Morgan fingerprint density at radius 2 is 2.14 bits per heavy atom. The molecule has 0 aliphatic heterocycles. The lowest BCUT2D eigenvalue weighted by Crippen LogP contribution is -2.30. The molecule has 2 N–H and O–H groups in total. The minimum absolute atomic E-state index is 0.674. The number of rotatable bonds is 6. The summed E-state index contributed by atoms with van der Waals surface area (Å²) in [6.07, 6.45) is 7.00. The van der Waals surface area contributed by atoms with Crippen LogP contribution in [0.5, 0.6) is 5.75 Å². The molecular formula is C16H24N2OS2. The Kier molecular flexibility index (Phi) is 7.16. The summed E-state index contributed by atoms with van der Waals surface area (Å²) in [5, 5.41) is 7.99. The summed E-state index contributed by atoms with van der Waals surface area (Å²) in [5.74, 6) is 1.94. The quantitative estimate of drug-likeness (QED) is 0.609. The van der Waals surface area contributed by atoms with Crippen LogP contribution in [0, 0.1) is 0 Å². The molecule has 1 aromatic rings. The molecule has 0 heterocycles. The molecule has 0 amide bonds. The van der Waals surface area contributed by atoms with Crippen molar-refractivity contribution in [2.24, 2.45) is 0 Å². The van der Waals surface area contributed by atoms with Gasteiger partial charge in [0.05, 0.1) is 7.11 Å². The van der Waals surface area contributed by atoms with Gasteiger partial charge in [0.2, 0.25) is 0 Å². The second-order valence-corrected chi connectivity index (χ2v) is 7.06. The van der Waals surface area contributed by atoms with Gasteiger partial charge in [0.25, 0.3) is 0 Å². The number of methoxy groups -OCH3 is 1. The van der Waals surface area contributed by atoms with E-state index in [1.165, 1.54) is 32.1 Å². The van der Waals surface area contributed by atoms with Gasteiger partial charge in [0.15, 0.2) is 5.11 Å². The maximum absolute atomic E-state index is 5.31. The largest absolute Gasteiger partial charge is 0.497 e. The first kappa shape index (κ1) is 16.4. The Hall–Kier alpha value is -0.940. The van der Waals surface area contributed by atoms with Crippen LogP contribution in [0.1, 0.15) is 32.1 Å². The summed E-state index contributed by atoms with van der Waals surface area (Å²) in [6, 6.07) is 7.78. The normalized spacial score (nSPS) is 15.5. The predicted molar refractivity (Wildman–Crippen MR) is 96.5 cm³/mol. The second-order valence-electron chi connectivity index (χ2n) is 5.24. The predicted octanol–water partition coefficient (Wildman–Crippen LogP) is 4.05. The van der Waals surface area contributed by atoms with E-state index in [0.29, 0.717) is 5.11 Å². The molecule has 1 aliphatic rings. The lowest BCUT2D eigenvalue weighted by Gasteiger charge is -2.21. The average molecular weight is 325 g/mol. The highest BCUT2D eigenvalue weighted by Gasteiger charge is 2.12. The van der Waals surface area contributed by atoms with Crippen molar-refractivity contribution < 1.29 is 4.74 Å². The zero-order valence-corrected chi connectivity index (χ0v) is 14.2. The molecule has 0 spiro atoms. The molecule has 0 radical (unpaired) electrons. The maximum atomic E-state index is 5.31. The van der Waals surface area contributed by atoms with Crippen LogP contribution in [-0.4, -0.2) is 29.8 Å². The molecule has 0 bridgehead atoms. The van der Waals surface area contributed by atoms with Crippen molar-refractivity contribution in [1.29, 1.82) is 0 Å². The van der Waals surface area contributed by atoms with Crippen molar-refractivity contribution in [3.63, 3.8) is 0 Å². The molecule has 0 atom stereocenters. The van der Waals surface area contributed by atoms with E-state index in [1.807, 2.05) is 24.3 Å². The first-order valence-electron chi connectivity index (χ1n) is 7.58. The lowest BCUT2D eigenvalue weighted by atomic mass is 10.0. The highest BCUT2D eigenvalue weighted by atomic mass is 32.2. The van der Waals surface area contributed by atoms with Gasteiger partial charge >= 0.3 is 0 Å². The summed E-state index contributed by atoms with van der Waals surface area (Å²) in [7, 11) is 1.66. The van der Waals surface area contributed by atoms with Gasteiger partial charge in [-0.3, -0.25) is 0 Å². The van der Waals surface area contributed by atoms with Crippen LogP contribution in [0.25, 0.3) is 0 Å². The highest BCUT2D eigenvalue weighted by molar-refractivity contribution is 7.99. The zero-order valence-electron chi connectivity index (χ0n) is 12.6. The Morgan fingerprint density at radius 1 is 1.33 bits per heavy atom. The molecule has 116 valence electrons. The number of hydrogen-bond donors (Lipinski definition) is 2. The third-order valence-corrected chi connectivity index (χ3v) is 5.25. The van der Waals surface area contributed by atoms with Gasteiger partial charge < -0.3 is 15.4 Å². The second kappa shape index (κ2) is 9.15. The molecule has 5 heteroatoms. The fraction of sp³-hybridized carbons (Fsp3) is 0.562. The minimum Gasteiger partial charge on any atom is -0.497 e. The lowest BCUT2D eigenvalue weighted by molar-refractivity contribution is 0.415. The molecule has 3 nitrogen and oxygen atoms in total. The van der Waals surface area contributed by atoms with E-state index in [2.05, 4.69) is 22.4 Å². The molecule has 0 unspecified atom stereocenters. The van der Waals surface area contributed by atoms with Crippen molar-refractivity contribution in [2.45, 2.75) is 37.4 Å². The Morgan fingerprint density at radius 3 is 2.90 bits per heavy atom. The van der Waals surface area contributed by atoms with Gasteiger partial charge in [0, 0.05) is 29.3 Å². The first-order valence-corrected chi connectivity index (χ1v) is 9.04. The van der Waals surface area contributed by atoms with Crippen molar-refractivity contribution >= 4 is 34.8 Å². The molecule has 1 aliphatic carbocycles.